The first-order valence-electron chi connectivity index (χ1n) is 6.77. The van der Waals surface area contributed by atoms with Gasteiger partial charge in [0.1, 0.15) is 18.4 Å². The van der Waals surface area contributed by atoms with Crippen LogP contribution < -0.4 is 10.1 Å². The van der Waals surface area contributed by atoms with Crippen LogP contribution in [0.2, 0.25) is 5.02 Å². The van der Waals surface area contributed by atoms with Crippen molar-refractivity contribution in [2.45, 2.75) is 25.5 Å². The van der Waals surface area contributed by atoms with Gasteiger partial charge in [0, 0.05) is 24.5 Å². The van der Waals surface area contributed by atoms with Crippen molar-refractivity contribution in [1.29, 1.82) is 0 Å². The summed E-state index contributed by atoms with van der Waals surface area (Å²) in [6, 6.07) is 5.41. The minimum Gasteiger partial charge on any atom is -0.480 e. The van der Waals surface area contributed by atoms with Crippen LogP contribution in [0.1, 0.15) is 12.0 Å². The number of nitrogens with zero attached hydrogens (tertiary/aromatic N) is 3. The Morgan fingerprint density at radius 3 is 3.24 bits per heavy atom. The van der Waals surface area contributed by atoms with Gasteiger partial charge in [-0.3, -0.25) is 9.48 Å². The lowest BCUT2D eigenvalue weighted by molar-refractivity contribution is -0.127. The summed E-state index contributed by atoms with van der Waals surface area (Å²) < 4.78 is 7.36. The molecule has 1 amide bonds. The molecule has 110 valence electrons. The molecule has 1 atom stereocenters. The van der Waals surface area contributed by atoms with Crippen LogP contribution in [-0.2, 0) is 17.8 Å². The summed E-state index contributed by atoms with van der Waals surface area (Å²) >= 11 is 5.93. The highest BCUT2D eigenvalue weighted by Crippen LogP contribution is 2.31. The fraction of sp³-hybridized carbons (Fsp3) is 0.357. The number of nitrogens with one attached hydrogen (secondary N) is 1. The van der Waals surface area contributed by atoms with Crippen molar-refractivity contribution in [2.24, 2.45) is 0 Å². The Balaban J connectivity index is 1.45. The SMILES string of the molecule is O=C(NCCCn1cncn1)[C@@H]1Cc2cc(Cl)ccc2O1. The van der Waals surface area contributed by atoms with Crippen LogP contribution in [0.25, 0.3) is 0 Å². The molecule has 3 rings (SSSR count). The van der Waals surface area contributed by atoms with E-state index in [2.05, 4.69) is 15.4 Å². The van der Waals surface area contributed by atoms with Crippen LogP contribution >= 0.6 is 11.6 Å². The first kappa shape index (κ1) is 13.9. The second-order valence-corrected chi connectivity index (χ2v) is 5.30. The number of halogens is 1. The zero-order valence-electron chi connectivity index (χ0n) is 11.3. The second-order valence-electron chi connectivity index (χ2n) is 4.87. The minimum absolute atomic E-state index is 0.0964. The molecule has 6 nitrogen and oxygen atoms in total. The number of fused-ring (bicyclic) bond motifs is 1. The van der Waals surface area contributed by atoms with Crippen molar-refractivity contribution in [3.8, 4) is 5.75 Å². The van der Waals surface area contributed by atoms with Gasteiger partial charge < -0.3 is 10.1 Å². The summed E-state index contributed by atoms with van der Waals surface area (Å²) in [6.45, 7) is 1.30. The molecular weight excluding hydrogens is 292 g/mol. The number of amides is 1. The number of benzene rings is 1. The average Bonchev–Trinajstić information content (AvgIpc) is 3.11. The van der Waals surface area contributed by atoms with Crippen molar-refractivity contribution in [3.63, 3.8) is 0 Å². The summed E-state index contributed by atoms with van der Waals surface area (Å²) in [5.74, 6) is 0.642. The van der Waals surface area contributed by atoms with Gasteiger partial charge in [0.05, 0.1) is 0 Å². The summed E-state index contributed by atoms with van der Waals surface area (Å²) in [7, 11) is 0. The predicted octanol–water partition coefficient (Wildman–Crippen LogP) is 1.44. The van der Waals surface area contributed by atoms with Crippen LogP contribution in [0, 0.1) is 0 Å². The highest BCUT2D eigenvalue weighted by molar-refractivity contribution is 6.30. The number of rotatable bonds is 5. The summed E-state index contributed by atoms with van der Waals surface area (Å²) in [5, 5.41) is 7.54. The van der Waals surface area contributed by atoms with Gasteiger partial charge in [0.2, 0.25) is 0 Å². The monoisotopic (exact) mass is 306 g/mol. The van der Waals surface area contributed by atoms with Crippen LogP contribution in [-0.4, -0.2) is 33.3 Å². The van der Waals surface area contributed by atoms with Gasteiger partial charge in [-0.1, -0.05) is 11.6 Å². The maximum absolute atomic E-state index is 12.1. The molecule has 0 saturated heterocycles. The van der Waals surface area contributed by atoms with E-state index < -0.39 is 6.10 Å². The van der Waals surface area contributed by atoms with Crippen molar-refractivity contribution in [2.75, 3.05) is 6.54 Å². The molecule has 0 bridgehead atoms. The molecule has 1 aliphatic rings. The van der Waals surface area contributed by atoms with E-state index in [4.69, 9.17) is 16.3 Å². The van der Waals surface area contributed by atoms with Crippen molar-refractivity contribution in [3.05, 3.63) is 41.4 Å². The molecule has 1 aromatic carbocycles. The topological polar surface area (TPSA) is 69.0 Å². The predicted molar refractivity (Wildman–Crippen MR) is 77.2 cm³/mol. The molecule has 2 heterocycles. The number of carbonyl (C=O) groups is 1. The van der Waals surface area contributed by atoms with E-state index in [0.717, 1.165) is 24.3 Å². The Kier molecular flexibility index (Phi) is 4.06. The summed E-state index contributed by atoms with van der Waals surface area (Å²) in [5.41, 5.74) is 0.977. The molecular formula is C14H15ClN4O2. The molecule has 21 heavy (non-hydrogen) atoms. The molecule has 0 unspecified atom stereocenters. The van der Waals surface area contributed by atoms with E-state index >= 15 is 0 Å². The highest BCUT2D eigenvalue weighted by Gasteiger charge is 2.28. The first-order chi connectivity index (χ1) is 10.2. The van der Waals surface area contributed by atoms with Gasteiger partial charge in [-0.25, -0.2) is 4.98 Å². The Morgan fingerprint density at radius 2 is 2.43 bits per heavy atom. The van der Waals surface area contributed by atoms with E-state index in [1.165, 1.54) is 6.33 Å². The maximum Gasteiger partial charge on any atom is 0.261 e. The fourth-order valence-corrected chi connectivity index (χ4v) is 2.47. The van der Waals surface area contributed by atoms with E-state index in [9.17, 15) is 4.79 Å². The molecule has 0 spiro atoms. The molecule has 1 aromatic heterocycles. The van der Waals surface area contributed by atoms with E-state index in [0.29, 0.717) is 18.0 Å². The van der Waals surface area contributed by atoms with Crippen molar-refractivity contribution in [1.82, 2.24) is 20.1 Å². The molecule has 7 heteroatoms. The Morgan fingerprint density at radius 1 is 1.52 bits per heavy atom. The van der Waals surface area contributed by atoms with Crippen molar-refractivity contribution >= 4 is 17.5 Å². The summed E-state index contributed by atoms with van der Waals surface area (Å²) in [6.07, 6.45) is 4.03. The average molecular weight is 307 g/mol. The number of aromatic nitrogens is 3. The third-order valence-electron chi connectivity index (χ3n) is 3.32. The molecule has 0 fully saturated rings. The zero-order chi connectivity index (χ0) is 14.7. The highest BCUT2D eigenvalue weighted by atomic mass is 35.5. The van der Waals surface area contributed by atoms with Gasteiger partial charge in [0.25, 0.3) is 5.91 Å². The molecule has 0 saturated carbocycles. The van der Waals surface area contributed by atoms with E-state index in [1.54, 1.807) is 23.1 Å². The van der Waals surface area contributed by atoms with Gasteiger partial charge >= 0.3 is 0 Å². The largest absolute Gasteiger partial charge is 0.480 e. The number of aryl methyl sites for hydroxylation is 1. The van der Waals surface area contributed by atoms with Crippen molar-refractivity contribution < 1.29 is 9.53 Å². The van der Waals surface area contributed by atoms with Gasteiger partial charge in [-0.05, 0) is 30.2 Å². The normalized spacial score (nSPS) is 16.3. The third kappa shape index (κ3) is 3.33. The van der Waals surface area contributed by atoms with Gasteiger partial charge in [0.15, 0.2) is 6.10 Å². The quantitative estimate of drug-likeness (QED) is 0.849. The zero-order valence-corrected chi connectivity index (χ0v) is 12.1. The Labute approximate surface area is 127 Å². The number of ether oxygens (including phenoxy) is 1. The number of hydrogen-bond acceptors (Lipinski definition) is 4. The Hall–Kier alpha value is -2.08. The Bertz CT molecular complexity index is 630. The molecule has 1 N–H and O–H groups in total. The van der Waals surface area contributed by atoms with E-state index in [1.807, 2.05) is 6.07 Å². The summed E-state index contributed by atoms with van der Waals surface area (Å²) in [4.78, 5) is 15.9. The lowest BCUT2D eigenvalue weighted by atomic mass is 10.1. The lowest BCUT2D eigenvalue weighted by Gasteiger charge is -2.11. The molecule has 0 aliphatic carbocycles. The number of hydrogen-bond donors (Lipinski definition) is 1. The second kappa shape index (κ2) is 6.13. The van der Waals surface area contributed by atoms with E-state index in [-0.39, 0.29) is 5.91 Å². The minimum atomic E-state index is -0.468. The first-order valence-corrected chi connectivity index (χ1v) is 7.15. The van der Waals surface area contributed by atoms with Crippen LogP contribution in [0.5, 0.6) is 5.75 Å². The molecule has 2 aromatic rings. The van der Waals surface area contributed by atoms with Gasteiger partial charge in [-0.2, -0.15) is 5.10 Å². The molecule has 0 radical (unpaired) electrons. The maximum atomic E-state index is 12.1. The smallest absolute Gasteiger partial charge is 0.261 e. The van der Waals surface area contributed by atoms with Crippen LogP contribution in [0.4, 0.5) is 0 Å². The van der Waals surface area contributed by atoms with Crippen LogP contribution in [0.3, 0.4) is 0 Å². The van der Waals surface area contributed by atoms with Crippen LogP contribution in [0.15, 0.2) is 30.9 Å². The number of carbonyl (C=O) groups excluding carboxylic acids is 1. The molecule has 1 aliphatic heterocycles. The fourth-order valence-electron chi connectivity index (χ4n) is 2.28. The third-order valence-corrected chi connectivity index (χ3v) is 3.55. The van der Waals surface area contributed by atoms with Gasteiger partial charge in [-0.15, -0.1) is 0 Å². The lowest BCUT2D eigenvalue weighted by Crippen LogP contribution is -2.38. The standard InChI is InChI=1S/C14H15ClN4O2/c15-11-2-3-12-10(6-11)7-13(21-12)14(20)17-4-1-5-19-9-16-8-18-19/h2-3,6,8-9,13H,1,4-5,7H2,(H,17,20)/t13-/m0/s1.